The minimum absolute atomic E-state index is 0.211. The third-order valence-corrected chi connectivity index (χ3v) is 4.59. The minimum Gasteiger partial charge on any atom is -0.375 e. The Morgan fingerprint density at radius 1 is 1.27 bits per heavy atom. The van der Waals surface area contributed by atoms with Gasteiger partial charge < -0.3 is 10.1 Å². The molecule has 1 N–H and O–H groups in total. The minimum atomic E-state index is 0.211. The van der Waals surface area contributed by atoms with Gasteiger partial charge in [0.05, 0.1) is 5.60 Å². The maximum atomic E-state index is 6.07. The van der Waals surface area contributed by atoms with E-state index in [4.69, 9.17) is 4.74 Å². The second kappa shape index (κ2) is 4.06. The van der Waals surface area contributed by atoms with Gasteiger partial charge in [0.2, 0.25) is 0 Å². The molecule has 2 unspecified atom stereocenters. The second-order valence-electron chi connectivity index (χ2n) is 6.05. The van der Waals surface area contributed by atoms with Crippen LogP contribution in [0.4, 0.5) is 0 Å². The maximum Gasteiger partial charge on any atom is 0.0701 e. The van der Waals surface area contributed by atoms with Crippen LogP contribution in [0.3, 0.4) is 0 Å². The summed E-state index contributed by atoms with van der Waals surface area (Å²) in [5.74, 6) is 0.726. The largest absolute Gasteiger partial charge is 0.375 e. The van der Waals surface area contributed by atoms with Crippen molar-refractivity contribution in [3.05, 3.63) is 0 Å². The van der Waals surface area contributed by atoms with Gasteiger partial charge in [-0.25, -0.2) is 0 Å². The average molecular weight is 211 g/mol. The third-order valence-electron chi connectivity index (χ3n) is 4.59. The van der Waals surface area contributed by atoms with E-state index in [0.717, 1.165) is 25.6 Å². The summed E-state index contributed by atoms with van der Waals surface area (Å²) in [6.07, 6.45) is 4.98. The van der Waals surface area contributed by atoms with Gasteiger partial charge in [-0.3, -0.25) is 0 Å². The highest BCUT2D eigenvalue weighted by atomic mass is 16.5. The molecule has 0 aromatic rings. The first kappa shape index (κ1) is 11.4. The summed E-state index contributed by atoms with van der Waals surface area (Å²) in [7, 11) is 0. The molecule has 2 fully saturated rings. The molecule has 0 aromatic carbocycles. The van der Waals surface area contributed by atoms with Gasteiger partial charge in [0.25, 0.3) is 0 Å². The maximum absolute atomic E-state index is 6.07. The Bertz CT molecular complexity index is 215. The molecule has 15 heavy (non-hydrogen) atoms. The molecule has 0 aliphatic carbocycles. The molecule has 2 heteroatoms. The summed E-state index contributed by atoms with van der Waals surface area (Å²) in [6, 6.07) is 0. The zero-order valence-electron chi connectivity index (χ0n) is 10.4. The van der Waals surface area contributed by atoms with Crippen molar-refractivity contribution in [1.29, 1.82) is 0 Å². The van der Waals surface area contributed by atoms with Crippen molar-refractivity contribution in [3.8, 4) is 0 Å². The Hall–Kier alpha value is -0.0800. The first-order valence-corrected chi connectivity index (χ1v) is 6.41. The number of rotatable bonds is 1. The summed E-state index contributed by atoms with van der Waals surface area (Å²) >= 11 is 0. The van der Waals surface area contributed by atoms with Gasteiger partial charge in [-0.2, -0.15) is 0 Å². The molecule has 0 radical (unpaired) electrons. The monoisotopic (exact) mass is 211 g/mol. The molecule has 1 spiro atoms. The smallest absolute Gasteiger partial charge is 0.0701 e. The summed E-state index contributed by atoms with van der Waals surface area (Å²) in [4.78, 5) is 0. The van der Waals surface area contributed by atoms with Crippen molar-refractivity contribution >= 4 is 0 Å². The normalized spacial score (nSPS) is 42.4. The molecule has 0 amide bonds. The van der Waals surface area contributed by atoms with Crippen LogP contribution in [0.2, 0.25) is 0 Å². The summed E-state index contributed by atoms with van der Waals surface area (Å²) in [5, 5.41) is 3.59. The Labute approximate surface area is 93.8 Å². The Morgan fingerprint density at radius 3 is 2.67 bits per heavy atom. The first-order chi connectivity index (χ1) is 7.06. The van der Waals surface area contributed by atoms with Crippen molar-refractivity contribution in [2.24, 2.45) is 11.3 Å². The van der Waals surface area contributed by atoms with Crippen molar-refractivity contribution in [2.75, 3.05) is 19.7 Å². The van der Waals surface area contributed by atoms with Crippen LogP contribution in [0.15, 0.2) is 0 Å². The van der Waals surface area contributed by atoms with Crippen LogP contribution >= 0.6 is 0 Å². The van der Waals surface area contributed by atoms with Gasteiger partial charge >= 0.3 is 0 Å². The Kier molecular flexibility index (Phi) is 3.09. The molecule has 2 heterocycles. The Balaban J connectivity index is 2.14. The highest BCUT2D eigenvalue weighted by Gasteiger charge is 2.44. The van der Waals surface area contributed by atoms with E-state index in [1.54, 1.807) is 0 Å². The van der Waals surface area contributed by atoms with Crippen LogP contribution in [0, 0.1) is 11.3 Å². The molecule has 2 nitrogen and oxygen atoms in total. The Morgan fingerprint density at radius 2 is 2.07 bits per heavy atom. The third kappa shape index (κ3) is 2.21. The lowest BCUT2D eigenvalue weighted by molar-refractivity contribution is -0.0366. The average Bonchev–Trinajstić information content (AvgIpc) is 2.53. The van der Waals surface area contributed by atoms with Crippen LogP contribution in [-0.4, -0.2) is 25.3 Å². The molecule has 2 aliphatic heterocycles. The fraction of sp³-hybridized carbons (Fsp3) is 1.00. The number of nitrogens with one attached hydrogen (secondary N) is 1. The summed E-state index contributed by atoms with van der Waals surface area (Å²) < 4.78 is 6.07. The molecule has 2 saturated heterocycles. The van der Waals surface area contributed by atoms with Crippen molar-refractivity contribution < 1.29 is 4.74 Å². The molecular weight excluding hydrogens is 186 g/mol. The van der Waals surface area contributed by atoms with E-state index in [1.807, 2.05) is 0 Å². The lowest BCUT2D eigenvalue weighted by atomic mass is 9.70. The zero-order valence-corrected chi connectivity index (χ0v) is 10.4. The van der Waals surface area contributed by atoms with Gasteiger partial charge in [0.15, 0.2) is 0 Å². The van der Waals surface area contributed by atoms with Crippen LogP contribution < -0.4 is 5.32 Å². The topological polar surface area (TPSA) is 21.3 Å². The quantitative estimate of drug-likeness (QED) is 0.720. The van der Waals surface area contributed by atoms with Crippen molar-refractivity contribution in [3.63, 3.8) is 0 Å². The van der Waals surface area contributed by atoms with E-state index in [2.05, 4.69) is 26.1 Å². The number of hydrogen-bond donors (Lipinski definition) is 1. The molecule has 2 rings (SSSR count). The summed E-state index contributed by atoms with van der Waals surface area (Å²) in [5.41, 5.74) is 0.614. The second-order valence-corrected chi connectivity index (χ2v) is 6.05. The molecule has 2 aliphatic rings. The fourth-order valence-electron chi connectivity index (χ4n) is 3.08. The lowest BCUT2D eigenvalue weighted by Gasteiger charge is -2.39. The number of ether oxygens (including phenoxy) is 1. The SMILES string of the molecule is CC(C)C1(C)CNCCC2(CCCO2)C1. The van der Waals surface area contributed by atoms with E-state index in [9.17, 15) is 0 Å². The lowest BCUT2D eigenvalue weighted by Crippen LogP contribution is -2.39. The van der Waals surface area contributed by atoms with Crippen LogP contribution in [0.5, 0.6) is 0 Å². The molecule has 0 bridgehead atoms. The molecule has 2 atom stereocenters. The number of hydrogen-bond acceptors (Lipinski definition) is 2. The van der Waals surface area contributed by atoms with Crippen LogP contribution in [0.1, 0.15) is 46.5 Å². The first-order valence-electron chi connectivity index (χ1n) is 6.41. The van der Waals surface area contributed by atoms with E-state index in [0.29, 0.717) is 5.41 Å². The van der Waals surface area contributed by atoms with Crippen LogP contribution in [-0.2, 0) is 4.74 Å². The molecular formula is C13H25NO. The molecule has 0 aromatic heterocycles. The van der Waals surface area contributed by atoms with E-state index < -0.39 is 0 Å². The summed E-state index contributed by atoms with van der Waals surface area (Å²) in [6.45, 7) is 10.4. The molecule has 88 valence electrons. The highest BCUT2D eigenvalue weighted by molar-refractivity contribution is 4.96. The van der Waals surface area contributed by atoms with Crippen molar-refractivity contribution in [1.82, 2.24) is 5.32 Å². The van der Waals surface area contributed by atoms with E-state index in [1.165, 1.54) is 25.7 Å². The molecule has 0 saturated carbocycles. The standard InChI is InChI=1S/C13H25NO/c1-11(2)12(3)9-13(5-4-8-15-13)6-7-14-10-12/h11,14H,4-10H2,1-3H3. The highest BCUT2D eigenvalue weighted by Crippen LogP contribution is 2.44. The van der Waals surface area contributed by atoms with Crippen molar-refractivity contribution in [2.45, 2.75) is 52.1 Å². The predicted molar refractivity (Wildman–Crippen MR) is 63.0 cm³/mol. The van der Waals surface area contributed by atoms with Gasteiger partial charge in [-0.05, 0) is 43.6 Å². The van der Waals surface area contributed by atoms with Gasteiger partial charge in [-0.15, -0.1) is 0 Å². The van der Waals surface area contributed by atoms with Crippen LogP contribution in [0.25, 0.3) is 0 Å². The zero-order chi connectivity index (χ0) is 10.9. The van der Waals surface area contributed by atoms with Gasteiger partial charge in [0, 0.05) is 13.2 Å². The van der Waals surface area contributed by atoms with E-state index >= 15 is 0 Å². The van der Waals surface area contributed by atoms with E-state index in [-0.39, 0.29) is 5.60 Å². The van der Waals surface area contributed by atoms with Gasteiger partial charge in [-0.1, -0.05) is 20.8 Å². The van der Waals surface area contributed by atoms with Gasteiger partial charge in [0.1, 0.15) is 0 Å². The fourth-order valence-corrected chi connectivity index (χ4v) is 3.08. The predicted octanol–water partition coefficient (Wildman–Crippen LogP) is 2.58.